The average molecular weight is 223 g/mol. The van der Waals surface area contributed by atoms with Gasteiger partial charge in [-0.05, 0) is 6.42 Å². The van der Waals surface area contributed by atoms with Crippen molar-refractivity contribution >= 4 is 5.95 Å². The van der Waals surface area contributed by atoms with Crippen LogP contribution in [0.3, 0.4) is 0 Å². The number of hydrogen-bond donors (Lipinski definition) is 0. The Labute approximate surface area is 95.0 Å². The topological polar surface area (TPSA) is 39.5 Å². The number of rotatable bonds is 1. The van der Waals surface area contributed by atoms with E-state index in [4.69, 9.17) is 9.47 Å². The first kappa shape index (κ1) is 10.1. The van der Waals surface area contributed by atoms with E-state index in [1.165, 1.54) is 0 Å². The van der Waals surface area contributed by atoms with Crippen LogP contribution in [-0.2, 0) is 16.5 Å². The fourth-order valence-electron chi connectivity index (χ4n) is 2.55. The first-order valence-corrected chi connectivity index (χ1v) is 5.79. The third-order valence-electron chi connectivity index (χ3n) is 3.31. The maximum atomic E-state index is 5.75. The van der Waals surface area contributed by atoms with Gasteiger partial charge in [0.2, 0.25) is 5.95 Å². The second-order valence-electron chi connectivity index (χ2n) is 4.47. The van der Waals surface area contributed by atoms with Gasteiger partial charge in [-0.1, -0.05) is 0 Å². The molecule has 0 amide bonds. The molecule has 5 nitrogen and oxygen atoms in total. The standard InChI is InChI=1S/C11H17N3O2/c1-13-6-4-12-10(13)14-5-2-3-11(9-14)15-7-8-16-11/h4,6H,2-3,5,7-9H2,1H3. The lowest BCUT2D eigenvalue weighted by atomic mass is 10.1. The van der Waals surface area contributed by atoms with E-state index in [1.807, 2.05) is 24.0 Å². The number of aromatic nitrogens is 2. The van der Waals surface area contributed by atoms with Crippen LogP contribution in [-0.4, -0.2) is 41.6 Å². The van der Waals surface area contributed by atoms with E-state index in [0.29, 0.717) is 13.2 Å². The minimum absolute atomic E-state index is 0.371. The SMILES string of the molecule is Cn1ccnc1N1CCCC2(C1)OCCO2. The highest BCUT2D eigenvalue weighted by molar-refractivity contribution is 5.32. The third kappa shape index (κ3) is 1.60. The highest BCUT2D eigenvalue weighted by atomic mass is 16.7. The molecule has 88 valence electrons. The Bertz CT molecular complexity index is 371. The minimum Gasteiger partial charge on any atom is -0.346 e. The number of anilines is 1. The fraction of sp³-hybridized carbons (Fsp3) is 0.727. The Kier molecular flexibility index (Phi) is 2.37. The van der Waals surface area contributed by atoms with E-state index in [9.17, 15) is 0 Å². The molecule has 1 aromatic rings. The Morgan fingerprint density at radius 3 is 2.88 bits per heavy atom. The van der Waals surface area contributed by atoms with Gasteiger partial charge in [0.1, 0.15) is 0 Å². The summed E-state index contributed by atoms with van der Waals surface area (Å²) in [5.41, 5.74) is 0. The number of hydrogen-bond acceptors (Lipinski definition) is 4. The van der Waals surface area contributed by atoms with E-state index in [0.717, 1.165) is 31.9 Å². The van der Waals surface area contributed by atoms with Gasteiger partial charge in [0.25, 0.3) is 0 Å². The minimum atomic E-state index is -0.371. The molecule has 0 radical (unpaired) electrons. The summed E-state index contributed by atoms with van der Waals surface area (Å²) in [5.74, 6) is 0.627. The molecule has 0 saturated carbocycles. The predicted octanol–water partition coefficient (Wildman–Crippen LogP) is 0.763. The van der Waals surface area contributed by atoms with Crippen LogP contribution in [0.4, 0.5) is 5.95 Å². The van der Waals surface area contributed by atoms with Crippen LogP contribution in [0.25, 0.3) is 0 Å². The van der Waals surface area contributed by atoms with Crippen molar-refractivity contribution in [2.24, 2.45) is 7.05 Å². The molecule has 0 aromatic carbocycles. The third-order valence-corrected chi connectivity index (χ3v) is 3.31. The van der Waals surface area contributed by atoms with Crippen LogP contribution in [0.2, 0.25) is 0 Å². The van der Waals surface area contributed by atoms with Crippen LogP contribution < -0.4 is 4.90 Å². The smallest absolute Gasteiger partial charge is 0.205 e. The summed E-state index contributed by atoms with van der Waals surface area (Å²) in [6.45, 7) is 3.25. The molecule has 2 fully saturated rings. The summed E-state index contributed by atoms with van der Waals surface area (Å²) < 4.78 is 13.5. The molecule has 2 aliphatic rings. The number of imidazole rings is 1. The van der Waals surface area contributed by atoms with Crippen LogP contribution in [0.1, 0.15) is 12.8 Å². The summed E-state index contributed by atoms with van der Waals surface area (Å²) in [4.78, 5) is 6.62. The predicted molar refractivity (Wildman–Crippen MR) is 59.3 cm³/mol. The summed E-state index contributed by atoms with van der Waals surface area (Å²) in [6.07, 6.45) is 5.88. The van der Waals surface area contributed by atoms with Gasteiger partial charge in [0.05, 0.1) is 19.8 Å². The van der Waals surface area contributed by atoms with Crippen molar-refractivity contribution in [3.63, 3.8) is 0 Å². The summed E-state index contributed by atoms with van der Waals surface area (Å²) >= 11 is 0. The maximum absolute atomic E-state index is 5.75. The zero-order chi connectivity index (χ0) is 11.0. The van der Waals surface area contributed by atoms with E-state index >= 15 is 0 Å². The van der Waals surface area contributed by atoms with Crippen molar-refractivity contribution in [2.75, 3.05) is 31.2 Å². The van der Waals surface area contributed by atoms with Gasteiger partial charge in [-0.3, -0.25) is 0 Å². The molecule has 2 aliphatic heterocycles. The van der Waals surface area contributed by atoms with Crippen LogP contribution in [0.5, 0.6) is 0 Å². The lowest BCUT2D eigenvalue weighted by molar-refractivity contribution is -0.161. The van der Waals surface area contributed by atoms with E-state index in [2.05, 4.69) is 9.88 Å². The molecule has 0 unspecified atom stereocenters. The van der Waals surface area contributed by atoms with Crippen LogP contribution in [0.15, 0.2) is 12.4 Å². The van der Waals surface area contributed by atoms with Crippen molar-refractivity contribution in [3.05, 3.63) is 12.4 Å². The summed E-state index contributed by atoms with van der Waals surface area (Å²) in [7, 11) is 2.01. The van der Waals surface area contributed by atoms with Gasteiger partial charge in [-0.15, -0.1) is 0 Å². The van der Waals surface area contributed by atoms with Crippen molar-refractivity contribution < 1.29 is 9.47 Å². The maximum Gasteiger partial charge on any atom is 0.205 e. The molecule has 0 aliphatic carbocycles. The van der Waals surface area contributed by atoms with Gasteiger partial charge >= 0.3 is 0 Å². The molecular weight excluding hydrogens is 206 g/mol. The number of nitrogens with zero attached hydrogens (tertiary/aromatic N) is 3. The van der Waals surface area contributed by atoms with Gasteiger partial charge in [0.15, 0.2) is 5.79 Å². The van der Waals surface area contributed by atoms with Crippen molar-refractivity contribution in [1.82, 2.24) is 9.55 Å². The Hall–Kier alpha value is -1.07. The Morgan fingerprint density at radius 1 is 1.38 bits per heavy atom. The first-order chi connectivity index (χ1) is 7.79. The molecule has 1 aromatic heterocycles. The van der Waals surface area contributed by atoms with E-state index < -0.39 is 0 Å². The van der Waals surface area contributed by atoms with Crippen molar-refractivity contribution in [1.29, 1.82) is 0 Å². The Morgan fingerprint density at radius 2 is 2.19 bits per heavy atom. The molecule has 0 bridgehead atoms. The molecule has 0 atom stereocenters. The van der Waals surface area contributed by atoms with Crippen molar-refractivity contribution in [2.45, 2.75) is 18.6 Å². The summed E-state index contributed by atoms with van der Waals surface area (Å²) in [5, 5.41) is 0. The number of aryl methyl sites for hydroxylation is 1. The Balaban J connectivity index is 1.80. The molecule has 1 spiro atoms. The normalized spacial score (nSPS) is 24.2. The van der Waals surface area contributed by atoms with Gasteiger partial charge in [-0.25, -0.2) is 4.98 Å². The fourth-order valence-corrected chi connectivity index (χ4v) is 2.55. The number of piperidine rings is 1. The average Bonchev–Trinajstić information content (AvgIpc) is 2.88. The second-order valence-corrected chi connectivity index (χ2v) is 4.47. The van der Waals surface area contributed by atoms with Gasteiger partial charge < -0.3 is 18.9 Å². The molecule has 2 saturated heterocycles. The van der Waals surface area contributed by atoms with Crippen LogP contribution >= 0.6 is 0 Å². The lowest BCUT2D eigenvalue weighted by Crippen LogP contribution is -2.49. The van der Waals surface area contributed by atoms with Gasteiger partial charge in [-0.2, -0.15) is 0 Å². The van der Waals surface area contributed by atoms with Gasteiger partial charge in [0, 0.05) is 32.4 Å². The molecular formula is C11H17N3O2. The molecule has 5 heteroatoms. The summed E-state index contributed by atoms with van der Waals surface area (Å²) in [6, 6.07) is 0. The zero-order valence-electron chi connectivity index (χ0n) is 9.56. The first-order valence-electron chi connectivity index (χ1n) is 5.79. The zero-order valence-corrected chi connectivity index (χ0v) is 9.56. The molecule has 0 N–H and O–H groups in total. The molecule has 16 heavy (non-hydrogen) atoms. The van der Waals surface area contributed by atoms with Crippen molar-refractivity contribution in [3.8, 4) is 0 Å². The molecule has 3 rings (SSSR count). The largest absolute Gasteiger partial charge is 0.346 e. The second kappa shape index (κ2) is 3.75. The lowest BCUT2D eigenvalue weighted by Gasteiger charge is -2.38. The highest BCUT2D eigenvalue weighted by Gasteiger charge is 2.41. The van der Waals surface area contributed by atoms with Crippen LogP contribution in [0, 0.1) is 0 Å². The highest BCUT2D eigenvalue weighted by Crippen LogP contribution is 2.31. The van der Waals surface area contributed by atoms with E-state index in [-0.39, 0.29) is 5.79 Å². The quantitative estimate of drug-likeness (QED) is 0.705. The van der Waals surface area contributed by atoms with E-state index in [1.54, 1.807) is 0 Å². The molecule has 3 heterocycles. The number of ether oxygens (including phenoxy) is 2. The monoisotopic (exact) mass is 223 g/mol.